The number of thiophene rings is 1. The normalized spacial score (nSPS) is 12.0. The number of rotatable bonds is 8. The molecule has 0 atom stereocenters. The molecular formula is C22H26N4OS2. The molecule has 1 aromatic carbocycles. The fraction of sp³-hybridized carbons (Fsp3) is 0.273. The Morgan fingerprint density at radius 1 is 1.24 bits per heavy atom. The third-order valence-corrected chi connectivity index (χ3v) is 6.14. The maximum absolute atomic E-state index is 10.5. The zero-order valence-electron chi connectivity index (χ0n) is 17.0. The fourth-order valence-corrected chi connectivity index (χ4v) is 4.49. The van der Waals surface area contributed by atoms with Gasteiger partial charge in [0, 0.05) is 35.8 Å². The smallest absolute Gasteiger partial charge is 0.206 e. The van der Waals surface area contributed by atoms with E-state index < -0.39 is 0 Å². The van der Waals surface area contributed by atoms with Crippen molar-refractivity contribution in [1.82, 2.24) is 4.68 Å². The van der Waals surface area contributed by atoms with Crippen molar-refractivity contribution in [2.24, 2.45) is 10.1 Å². The number of anilines is 1. The summed E-state index contributed by atoms with van der Waals surface area (Å²) >= 11 is 3.21. The van der Waals surface area contributed by atoms with E-state index in [0.717, 1.165) is 39.7 Å². The lowest BCUT2D eigenvalue weighted by atomic mass is 10.2. The summed E-state index contributed by atoms with van der Waals surface area (Å²) in [6.07, 6.45) is 1.69. The minimum absolute atomic E-state index is 0.215. The molecule has 29 heavy (non-hydrogen) atoms. The Hall–Kier alpha value is -2.64. The van der Waals surface area contributed by atoms with Crippen LogP contribution in [0.3, 0.4) is 0 Å². The minimum atomic E-state index is 0.215. The first-order valence-electron chi connectivity index (χ1n) is 9.55. The van der Waals surface area contributed by atoms with E-state index >= 15 is 0 Å². The van der Waals surface area contributed by atoms with Crippen LogP contribution in [0, 0.1) is 0 Å². The monoisotopic (exact) mass is 426 g/mol. The van der Waals surface area contributed by atoms with Crippen molar-refractivity contribution < 1.29 is 5.11 Å². The Labute approximate surface area is 179 Å². The number of phenolic OH excluding ortho intramolecular Hbond substituents is 1. The number of nitrogens with zero attached hydrogens (tertiary/aromatic N) is 4. The molecule has 152 valence electrons. The van der Waals surface area contributed by atoms with E-state index in [4.69, 9.17) is 0 Å². The molecule has 0 spiro atoms. The molecule has 0 fully saturated rings. The average molecular weight is 427 g/mol. The lowest BCUT2D eigenvalue weighted by Crippen LogP contribution is -2.21. The van der Waals surface area contributed by atoms with Crippen LogP contribution < -0.4 is 9.70 Å². The Kier molecular flexibility index (Phi) is 7.06. The number of hydrogen-bond donors (Lipinski definition) is 1. The van der Waals surface area contributed by atoms with E-state index in [1.165, 1.54) is 0 Å². The van der Waals surface area contributed by atoms with E-state index in [-0.39, 0.29) is 5.75 Å². The van der Waals surface area contributed by atoms with E-state index in [2.05, 4.69) is 46.9 Å². The van der Waals surface area contributed by atoms with Crippen molar-refractivity contribution >= 4 is 34.6 Å². The van der Waals surface area contributed by atoms with E-state index in [1.807, 2.05) is 35.2 Å². The molecular weight excluding hydrogens is 400 g/mol. The lowest BCUT2D eigenvalue weighted by molar-refractivity contribution is 0.474. The first kappa shape index (κ1) is 21.1. The summed E-state index contributed by atoms with van der Waals surface area (Å²) in [7, 11) is 0. The van der Waals surface area contributed by atoms with Gasteiger partial charge in [0.25, 0.3) is 0 Å². The third-order valence-electron chi connectivity index (χ3n) is 4.40. The van der Waals surface area contributed by atoms with Crippen LogP contribution in [0.5, 0.6) is 5.75 Å². The molecule has 3 rings (SSSR count). The molecule has 0 saturated heterocycles. The summed E-state index contributed by atoms with van der Waals surface area (Å²) in [5.74, 6) is 0.215. The van der Waals surface area contributed by atoms with Gasteiger partial charge in [0.1, 0.15) is 5.75 Å². The highest BCUT2D eigenvalue weighted by Gasteiger charge is 2.09. The van der Waals surface area contributed by atoms with Crippen molar-refractivity contribution in [2.45, 2.75) is 20.8 Å². The highest BCUT2D eigenvalue weighted by atomic mass is 32.1. The molecule has 7 heteroatoms. The minimum Gasteiger partial charge on any atom is -0.507 e. The standard InChI is InChI=1S/C22H26N4OS2/c1-5-25(6-2)18-10-9-17(20(27)12-18)14-24-26-19(21-8-7-11-28-21)15-29-22(26)23-13-16(3)4/h7-12,14-15,27H,3,5-6,13H2,1-2,4H3. The molecule has 0 aliphatic rings. The van der Waals surface area contributed by atoms with Gasteiger partial charge in [-0.3, -0.25) is 4.99 Å². The Morgan fingerprint density at radius 3 is 2.66 bits per heavy atom. The van der Waals surface area contributed by atoms with Crippen LogP contribution in [0.4, 0.5) is 5.69 Å². The molecule has 0 saturated carbocycles. The SMILES string of the molecule is C=C(C)CN=c1scc(-c2cccs2)n1N=Cc1ccc(N(CC)CC)cc1O. The van der Waals surface area contributed by atoms with E-state index in [9.17, 15) is 5.11 Å². The van der Waals surface area contributed by atoms with Crippen molar-refractivity contribution in [3.05, 3.63) is 63.6 Å². The van der Waals surface area contributed by atoms with Crippen molar-refractivity contribution in [3.8, 4) is 16.3 Å². The molecule has 2 aromatic heterocycles. The maximum atomic E-state index is 10.5. The van der Waals surface area contributed by atoms with Crippen LogP contribution >= 0.6 is 22.7 Å². The van der Waals surface area contributed by atoms with Gasteiger partial charge in [0.15, 0.2) is 0 Å². The molecule has 1 N–H and O–H groups in total. The third kappa shape index (κ3) is 5.05. The second kappa shape index (κ2) is 9.71. The highest BCUT2D eigenvalue weighted by Crippen LogP contribution is 2.26. The summed E-state index contributed by atoms with van der Waals surface area (Å²) in [6, 6.07) is 9.79. The number of hydrogen-bond acceptors (Lipinski definition) is 6. The predicted molar refractivity (Wildman–Crippen MR) is 126 cm³/mol. The topological polar surface area (TPSA) is 53.1 Å². The summed E-state index contributed by atoms with van der Waals surface area (Å²) in [5, 5.41) is 19.3. The quantitative estimate of drug-likeness (QED) is 0.398. The first-order chi connectivity index (χ1) is 14.0. The van der Waals surface area contributed by atoms with Crippen molar-refractivity contribution in [3.63, 3.8) is 0 Å². The van der Waals surface area contributed by atoms with Crippen LogP contribution in [-0.4, -0.2) is 35.6 Å². The summed E-state index contributed by atoms with van der Waals surface area (Å²) in [5.41, 5.74) is 3.66. The van der Waals surface area contributed by atoms with Crippen molar-refractivity contribution in [1.29, 1.82) is 0 Å². The summed E-state index contributed by atoms with van der Waals surface area (Å²) < 4.78 is 1.83. The van der Waals surface area contributed by atoms with Gasteiger partial charge in [-0.25, -0.2) is 4.68 Å². The molecule has 0 unspecified atom stereocenters. The lowest BCUT2D eigenvalue weighted by Gasteiger charge is -2.21. The molecule has 5 nitrogen and oxygen atoms in total. The van der Waals surface area contributed by atoms with Crippen LogP contribution in [0.2, 0.25) is 0 Å². The van der Waals surface area contributed by atoms with Crippen molar-refractivity contribution in [2.75, 3.05) is 24.5 Å². The fourth-order valence-electron chi connectivity index (χ4n) is 2.86. The molecule has 0 aliphatic carbocycles. The molecule has 0 radical (unpaired) electrons. The second-order valence-electron chi connectivity index (χ2n) is 6.63. The van der Waals surface area contributed by atoms with Gasteiger partial charge < -0.3 is 10.0 Å². The first-order valence-corrected chi connectivity index (χ1v) is 11.3. The Morgan fingerprint density at radius 2 is 2.03 bits per heavy atom. The Balaban J connectivity index is 1.98. The molecule has 0 aliphatic heterocycles. The van der Waals surface area contributed by atoms with Gasteiger partial charge in [-0.2, -0.15) is 5.10 Å². The van der Waals surface area contributed by atoms with E-state index in [0.29, 0.717) is 12.1 Å². The maximum Gasteiger partial charge on any atom is 0.206 e. The molecule has 2 heterocycles. The summed E-state index contributed by atoms with van der Waals surface area (Å²) in [6.45, 7) is 12.4. The van der Waals surface area contributed by atoms with Gasteiger partial charge in [-0.15, -0.1) is 22.7 Å². The van der Waals surface area contributed by atoms with Crippen LogP contribution in [0.25, 0.3) is 10.6 Å². The molecule has 3 aromatic rings. The van der Waals surface area contributed by atoms with E-state index in [1.54, 1.807) is 35.0 Å². The zero-order chi connectivity index (χ0) is 20.8. The van der Waals surface area contributed by atoms with Gasteiger partial charge in [-0.1, -0.05) is 18.2 Å². The number of thiazole rings is 1. The second-order valence-corrected chi connectivity index (χ2v) is 8.41. The number of aromatic hydroxyl groups is 1. The zero-order valence-corrected chi connectivity index (χ0v) is 18.6. The number of benzene rings is 1. The predicted octanol–water partition coefficient (Wildman–Crippen LogP) is 5.19. The van der Waals surface area contributed by atoms with Gasteiger partial charge in [-0.05, 0) is 44.4 Å². The molecule has 0 amide bonds. The highest BCUT2D eigenvalue weighted by molar-refractivity contribution is 7.14. The van der Waals surface area contributed by atoms with Crippen LogP contribution in [0.1, 0.15) is 26.3 Å². The van der Waals surface area contributed by atoms with Crippen LogP contribution in [-0.2, 0) is 0 Å². The van der Waals surface area contributed by atoms with Gasteiger partial charge in [0.2, 0.25) is 4.80 Å². The van der Waals surface area contributed by atoms with Gasteiger partial charge in [0.05, 0.1) is 23.3 Å². The summed E-state index contributed by atoms with van der Waals surface area (Å²) in [4.78, 5) is 8.75. The largest absolute Gasteiger partial charge is 0.507 e. The van der Waals surface area contributed by atoms with Crippen LogP contribution in [0.15, 0.2) is 63.3 Å². The average Bonchev–Trinajstić information content (AvgIpc) is 3.36. The Bertz CT molecular complexity index is 1060. The van der Waals surface area contributed by atoms with Gasteiger partial charge >= 0.3 is 0 Å². The number of phenols is 1. The molecule has 0 bridgehead atoms. The number of aromatic nitrogens is 1.